The summed E-state index contributed by atoms with van der Waals surface area (Å²) in [7, 11) is -3.70. The molecule has 8 heteroatoms. The zero-order valence-corrected chi connectivity index (χ0v) is 18.5. The zero-order chi connectivity index (χ0) is 21.2. The Kier molecular flexibility index (Phi) is 6.67. The number of ether oxygens (including phenoxy) is 1. The predicted octanol–water partition coefficient (Wildman–Crippen LogP) is 1.68. The standard InChI is InChI=1S/C21H33N3O4S/c1-21(2,3)18-12-17(20(25)23-7-9-28-10-8-23)14-24(15-18)29(26,27)19-6-4-5-16(11-19)13-22/h4-6,11,17-18H,7-10,12-15,22H2,1-3H3/t17-,18+/m0/s1. The Morgan fingerprint density at radius 2 is 1.90 bits per heavy atom. The summed E-state index contributed by atoms with van der Waals surface area (Å²) in [5.41, 5.74) is 6.37. The number of piperidine rings is 1. The summed E-state index contributed by atoms with van der Waals surface area (Å²) in [5.74, 6) is -0.199. The second kappa shape index (κ2) is 8.71. The van der Waals surface area contributed by atoms with Crippen LogP contribution in [0, 0.1) is 17.3 Å². The Morgan fingerprint density at radius 3 is 2.52 bits per heavy atom. The Labute approximate surface area is 174 Å². The summed E-state index contributed by atoms with van der Waals surface area (Å²) in [6.45, 7) is 9.47. The number of nitrogens with zero attached hydrogens (tertiary/aromatic N) is 2. The number of hydrogen-bond donors (Lipinski definition) is 1. The largest absolute Gasteiger partial charge is 0.378 e. The van der Waals surface area contributed by atoms with Crippen LogP contribution in [0.15, 0.2) is 29.2 Å². The van der Waals surface area contributed by atoms with E-state index >= 15 is 0 Å². The summed E-state index contributed by atoms with van der Waals surface area (Å²) in [6.07, 6.45) is 0.703. The first-order valence-corrected chi connectivity index (χ1v) is 11.7. The van der Waals surface area contributed by atoms with E-state index in [1.165, 1.54) is 4.31 Å². The van der Waals surface area contributed by atoms with Crippen molar-refractivity contribution in [3.8, 4) is 0 Å². The maximum atomic E-state index is 13.4. The van der Waals surface area contributed by atoms with Crippen LogP contribution in [-0.2, 0) is 26.1 Å². The van der Waals surface area contributed by atoms with Crippen LogP contribution in [0.4, 0.5) is 0 Å². The molecule has 0 aliphatic carbocycles. The van der Waals surface area contributed by atoms with Crippen LogP contribution in [0.5, 0.6) is 0 Å². The average Bonchev–Trinajstić information content (AvgIpc) is 2.73. The molecule has 2 heterocycles. The van der Waals surface area contributed by atoms with Gasteiger partial charge in [0.25, 0.3) is 0 Å². The van der Waals surface area contributed by atoms with Crippen LogP contribution in [-0.4, -0.2) is 62.9 Å². The molecule has 162 valence electrons. The lowest BCUT2D eigenvalue weighted by Gasteiger charge is -2.43. The van der Waals surface area contributed by atoms with Crippen molar-refractivity contribution in [2.24, 2.45) is 23.0 Å². The molecule has 2 aliphatic rings. The van der Waals surface area contributed by atoms with Crippen LogP contribution >= 0.6 is 0 Å². The van der Waals surface area contributed by atoms with E-state index < -0.39 is 10.0 Å². The number of nitrogens with two attached hydrogens (primary N) is 1. The number of carbonyl (C=O) groups excluding carboxylic acids is 1. The van der Waals surface area contributed by atoms with Gasteiger partial charge in [0.05, 0.1) is 24.0 Å². The average molecular weight is 424 g/mol. The van der Waals surface area contributed by atoms with Gasteiger partial charge in [0.15, 0.2) is 0 Å². The van der Waals surface area contributed by atoms with Gasteiger partial charge in [0.1, 0.15) is 0 Å². The fraction of sp³-hybridized carbons (Fsp3) is 0.667. The van der Waals surface area contributed by atoms with Gasteiger partial charge in [0, 0.05) is 32.7 Å². The summed E-state index contributed by atoms with van der Waals surface area (Å²) < 4.78 is 33.7. The van der Waals surface area contributed by atoms with Crippen molar-refractivity contribution in [1.82, 2.24) is 9.21 Å². The maximum absolute atomic E-state index is 13.4. The molecule has 0 unspecified atom stereocenters. The number of sulfonamides is 1. The van der Waals surface area contributed by atoms with Crippen molar-refractivity contribution in [1.29, 1.82) is 0 Å². The lowest BCUT2D eigenvalue weighted by atomic mass is 9.73. The molecule has 7 nitrogen and oxygen atoms in total. The normalized spacial score (nSPS) is 24.5. The molecule has 0 radical (unpaired) electrons. The highest BCUT2D eigenvalue weighted by Gasteiger charge is 2.42. The van der Waals surface area contributed by atoms with Crippen molar-refractivity contribution in [2.45, 2.75) is 38.6 Å². The fourth-order valence-corrected chi connectivity index (χ4v) is 5.69. The Balaban J connectivity index is 1.89. The molecule has 2 aliphatic heterocycles. The SMILES string of the molecule is CC(C)(C)[C@@H]1C[C@H](C(=O)N2CCOCC2)CN(S(=O)(=O)c2cccc(CN)c2)C1. The molecule has 3 rings (SSSR count). The lowest BCUT2D eigenvalue weighted by Crippen LogP contribution is -2.53. The highest BCUT2D eigenvalue weighted by molar-refractivity contribution is 7.89. The van der Waals surface area contributed by atoms with Crippen molar-refractivity contribution in [3.63, 3.8) is 0 Å². The van der Waals surface area contributed by atoms with Gasteiger partial charge in [-0.3, -0.25) is 4.79 Å². The molecule has 0 bridgehead atoms. The first-order valence-electron chi connectivity index (χ1n) is 10.3. The highest BCUT2D eigenvalue weighted by Crippen LogP contribution is 2.38. The third kappa shape index (κ3) is 4.99. The number of hydrogen-bond acceptors (Lipinski definition) is 5. The molecular weight excluding hydrogens is 390 g/mol. The maximum Gasteiger partial charge on any atom is 0.243 e. The first-order chi connectivity index (χ1) is 13.6. The van der Waals surface area contributed by atoms with Gasteiger partial charge in [-0.1, -0.05) is 32.9 Å². The van der Waals surface area contributed by atoms with E-state index in [1.807, 2.05) is 11.0 Å². The van der Waals surface area contributed by atoms with Gasteiger partial charge >= 0.3 is 0 Å². The van der Waals surface area contributed by atoms with E-state index in [9.17, 15) is 13.2 Å². The van der Waals surface area contributed by atoms with Crippen LogP contribution in [0.2, 0.25) is 0 Å². The van der Waals surface area contributed by atoms with E-state index in [0.717, 1.165) is 5.56 Å². The molecule has 2 fully saturated rings. The Bertz CT molecular complexity index is 829. The molecular formula is C21H33N3O4S. The van der Waals surface area contributed by atoms with E-state index in [-0.39, 0.29) is 41.1 Å². The summed E-state index contributed by atoms with van der Waals surface area (Å²) >= 11 is 0. The number of morpholine rings is 1. The summed E-state index contributed by atoms with van der Waals surface area (Å²) in [4.78, 5) is 15.2. The monoisotopic (exact) mass is 423 g/mol. The van der Waals surface area contributed by atoms with Gasteiger partial charge in [-0.05, 0) is 35.4 Å². The molecule has 0 spiro atoms. The molecule has 2 N–H and O–H groups in total. The van der Waals surface area contributed by atoms with Crippen molar-refractivity contribution in [3.05, 3.63) is 29.8 Å². The first kappa shape index (κ1) is 22.2. The van der Waals surface area contributed by atoms with Gasteiger partial charge < -0.3 is 15.4 Å². The van der Waals surface area contributed by atoms with Crippen LogP contribution in [0.3, 0.4) is 0 Å². The minimum atomic E-state index is -3.70. The predicted molar refractivity (Wildman–Crippen MR) is 112 cm³/mol. The van der Waals surface area contributed by atoms with Crippen molar-refractivity contribution >= 4 is 15.9 Å². The van der Waals surface area contributed by atoms with E-state index in [1.54, 1.807) is 18.2 Å². The molecule has 0 aromatic heterocycles. The topological polar surface area (TPSA) is 92.9 Å². The molecule has 2 atom stereocenters. The minimum Gasteiger partial charge on any atom is -0.378 e. The Morgan fingerprint density at radius 1 is 1.21 bits per heavy atom. The Hall–Kier alpha value is -1.48. The number of amides is 1. The van der Waals surface area contributed by atoms with E-state index in [4.69, 9.17) is 10.5 Å². The second-order valence-corrected chi connectivity index (χ2v) is 11.0. The van der Waals surface area contributed by atoms with Gasteiger partial charge in [-0.15, -0.1) is 0 Å². The molecule has 2 saturated heterocycles. The van der Waals surface area contributed by atoms with Gasteiger partial charge in [0.2, 0.25) is 15.9 Å². The molecule has 0 saturated carbocycles. The van der Waals surface area contributed by atoms with Gasteiger partial charge in [-0.2, -0.15) is 4.31 Å². The smallest absolute Gasteiger partial charge is 0.243 e. The summed E-state index contributed by atoms with van der Waals surface area (Å²) in [6, 6.07) is 6.78. The minimum absolute atomic E-state index is 0.0400. The van der Waals surface area contributed by atoms with Crippen molar-refractivity contribution in [2.75, 3.05) is 39.4 Å². The third-order valence-corrected chi connectivity index (χ3v) is 7.91. The van der Waals surface area contributed by atoms with Crippen LogP contribution in [0.25, 0.3) is 0 Å². The molecule has 1 aromatic carbocycles. The molecule has 1 amide bonds. The fourth-order valence-electron chi connectivity index (χ4n) is 4.09. The number of carbonyl (C=O) groups is 1. The number of benzene rings is 1. The quantitative estimate of drug-likeness (QED) is 0.795. The second-order valence-electron chi connectivity index (χ2n) is 9.11. The zero-order valence-electron chi connectivity index (χ0n) is 17.6. The number of rotatable bonds is 4. The molecule has 29 heavy (non-hydrogen) atoms. The van der Waals surface area contributed by atoms with Crippen LogP contribution < -0.4 is 5.73 Å². The molecule has 1 aromatic rings. The van der Waals surface area contributed by atoms with Crippen LogP contribution in [0.1, 0.15) is 32.8 Å². The highest BCUT2D eigenvalue weighted by atomic mass is 32.2. The lowest BCUT2D eigenvalue weighted by molar-refractivity contribution is -0.142. The van der Waals surface area contributed by atoms with E-state index in [2.05, 4.69) is 20.8 Å². The van der Waals surface area contributed by atoms with Crippen molar-refractivity contribution < 1.29 is 17.9 Å². The third-order valence-electron chi connectivity index (χ3n) is 6.09. The van der Waals surface area contributed by atoms with Gasteiger partial charge in [-0.25, -0.2) is 8.42 Å². The summed E-state index contributed by atoms with van der Waals surface area (Å²) in [5, 5.41) is 0. The van der Waals surface area contributed by atoms with E-state index in [0.29, 0.717) is 39.3 Å².